The second-order valence-electron chi connectivity index (χ2n) is 13.5. The van der Waals surface area contributed by atoms with Gasteiger partial charge in [-0.05, 0) is 65.6 Å². The second-order valence-corrected chi connectivity index (χ2v) is 13.5. The zero-order valence-corrected chi connectivity index (χ0v) is 27.1. The normalized spacial score (nSPS) is 23.2. The highest BCUT2D eigenvalue weighted by molar-refractivity contribution is 5.82. The number of quaternary nitrogens is 1. The molecule has 4 aromatic rings. The minimum atomic E-state index is -5.11. The molecule has 3 aliphatic rings. The van der Waals surface area contributed by atoms with E-state index in [1.165, 1.54) is 6.20 Å². The maximum absolute atomic E-state index is 13.9. The Balaban J connectivity index is 1.49. The van der Waals surface area contributed by atoms with Gasteiger partial charge in [0.1, 0.15) is 18.7 Å². The molecule has 15 heteroatoms. The maximum Gasteiger partial charge on any atom is 0.416 e. The highest BCUT2D eigenvalue weighted by atomic mass is 19.4. The van der Waals surface area contributed by atoms with Crippen molar-refractivity contribution in [2.24, 2.45) is 11.8 Å². The van der Waals surface area contributed by atoms with Crippen LogP contribution in [0.3, 0.4) is 0 Å². The van der Waals surface area contributed by atoms with Crippen molar-refractivity contribution in [3.8, 4) is 0 Å². The first-order valence-corrected chi connectivity index (χ1v) is 16.2. The second kappa shape index (κ2) is 13.4. The van der Waals surface area contributed by atoms with Crippen LogP contribution in [0.25, 0.3) is 10.9 Å². The van der Waals surface area contributed by atoms with Gasteiger partial charge in [-0.25, -0.2) is 0 Å². The number of para-hydroxylation sites is 1. The Bertz CT molecular complexity index is 1880. The van der Waals surface area contributed by atoms with E-state index in [0.29, 0.717) is 60.1 Å². The van der Waals surface area contributed by atoms with Crippen LogP contribution >= 0.6 is 0 Å². The summed E-state index contributed by atoms with van der Waals surface area (Å²) < 4.78 is 172. The third kappa shape index (κ3) is 7.66. The molecule has 0 amide bonds. The number of piperidine rings is 3. The molecule has 4 heterocycles. The standard InChI is InChI=1S/C37H31F12N2O/c1-2-23-19-51(18-21-11-25(34(38,39)40)16-26(12-21)35(41,42)43)10-8-24(23)15-32(51)33(30-7-9-50-31-6-4-3-5-29(30)31)52-20-22-13-27(36(44,45)46)17-28(14-22)37(47,48)49/h2-7,9,11-14,16-17,23-24,32-33H,1,8,10,15,18-20H2/q+1/t23?,24?,32?,33-,51?/m0/s1. The van der Waals surface area contributed by atoms with E-state index in [1.807, 2.05) is 0 Å². The van der Waals surface area contributed by atoms with Gasteiger partial charge < -0.3 is 9.22 Å². The Morgan fingerprint density at radius 1 is 0.750 bits per heavy atom. The smallest absolute Gasteiger partial charge is 0.363 e. The molecule has 1 aromatic heterocycles. The molecule has 7 rings (SSSR count). The van der Waals surface area contributed by atoms with Crippen molar-refractivity contribution in [3.63, 3.8) is 0 Å². The van der Waals surface area contributed by atoms with Crippen molar-refractivity contribution in [1.82, 2.24) is 4.98 Å². The summed E-state index contributed by atoms with van der Waals surface area (Å²) in [5.41, 5.74) is -5.71. The lowest BCUT2D eigenvalue weighted by Gasteiger charge is -2.58. The van der Waals surface area contributed by atoms with Gasteiger partial charge >= 0.3 is 24.7 Å². The fourth-order valence-electron chi connectivity index (χ4n) is 7.90. The minimum absolute atomic E-state index is 0.00300. The topological polar surface area (TPSA) is 22.1 Å². The number of pyridine rings is 1. The van der Waals surface area contributed by atoms with Crippen LogP contribution in [0.1, 0.15) is 57.9 Å². The van der Waals surface area contributed by atoms with Crippen molar-refractivity contribution in [2.45, 2.75) is 62.8 Å². The summed E-state index contributed by atoms with van der Waals surface area (Å²) in [7, 11) is 0. The summed E-state index contributed by atoms with van der Waals surface area (Å²) in [4.78, 5) is 4.35. The van der Waals surface area contributed by atoms with Gasteiger partial charge in [0.05, 0.1) is 47.5 Å². The molecule has 5 atom stereocenters. The number of ether oxygens (including phenoxy) is 1. The molecule has 0 spiro atoms. The van der Waals surface area contributed by atoms with E-state index >= 15 is 0 Å². The van der Waals surface area contributed by atoms with Gasteiger partial charge in [-0.3, -0.25) is 4.98 Å². The summed E-state index contributed by atoms with van der Waals surface area (Å²) in [6.07, 6.45) is -17.5. The van der Waals surface area contributed by atoms with Crippen molar-refractivity contribution < 1.29 is 61.9 Å². The number of alkyl halides is 12. The number of benzene rings is 3. The van der Waals surface area contributed by atoms with Crippen LogP contribution in [0.2, 0.25) is 0 Å². The van der Waals surface area contributed by atoms with Crippen LogP contribution < -0.4 is 0 Å². The number of nitrogens with zero attached hydrogens (tertiary/aromatic N) is 2. The number of rotatable bonds is 8. The lowest BCUT2D eigenvalue weighted by atomic mass is 9.71. The van der Waals surface area contributed by atoms with E-state index in [1.54, 1.807) is 36.4 Å². The minimum Gasteiger partial charge on any atom is -0.363 e. The highest BCUT2D eigenvalue weighted by Crippen LogP contribution is 2.50. The fourth-order valence-corrected chi connectivity index (χ4v) is 7.90. The van der Waals surface area contributed by atoms with Crippen LogP contribution in [0.5, 0.6) is 0 Å². The molecule has 2 bridgehead atoms. The summed E-state index contributed by atoms with van der Waals surface area (Å²) in [5, 5.41) is 0.550. The van der Waals surface area contributed by atoms with E-state index < -0.39 is 71.3 Å². The third-order valence-corrected chi connectivity index (χ3v) is 10.2. The Kier molecular flexibility index (Phi) is 9.69. The Labute approximate surface area is 290 Å². The molecule has 3 aliphatic heterocycles. The van der Waals surface area contributed by atoms with Gasteiger partial charge in [-0.1, -0.05) is 24.3 Å². The van der Waals surface area contributed by atoms with Crippen LogP contribution in [0.15, 0.2) is 85.6 Å². The molecule has 3 fully saturated rings. The SMILES string of the molecule is C=CC1C[N+]2(Cc3cc(C(F)(F)F)cc(C(F)(F)F)c3)CCC1CC2[C@@H](OCc1cc(C(F)(F)F)cc(C(F)(F)F)c1)c1ccnc2ccccc12. The molecule has 3 saturated heterocycles. The van der Waals surface area contributed by atoms with Gasteiger partial charge in [0.25, 0.3) is 0 Å². The van der Waals surface area contributed by atoms with E-state index in [0.717, 1.165) is 0 Å². The highest BCUT2D eigenvalue weighted by Gasteiger charge is 2.55. The number of halogens is 12. The van der Waals surface area contributed by atoms with Gasteiger partial charge in [-0.2, -0.15) is 52.7 Å². The summed E-state index contributed by atoms with van der Waals surface area (Å²) in [5.74, 6) is -0.204. The van der Waals surface area contributed by atoms with E-state index in [-0.39, 0.29) is 47.1 Å². The first kappa shape index (κ1) is 37.6. The largest absolute Gasteiger partial charge is 0.416 e. The molecule has 52 heavy (non-hydrogen) atoms. The van der Waals surface area contributed by atoms with Crippen molar-refractivity contribution >= 4 is 10.9 Å². The molecule has 0 saturated carbocycles. The molecular formula is C37H31F12N2O+. The van der Waals surface area contributed by atoms with Gasteiger partial charge in [-0.15, -0.1) is 6.58 Å². The third-order valence-electron chi connectivity index (χ3n) is 10.2. The van der Waals surface area contributed by atoms with Gasteiger partial charge in [0, 0.05) is 35.9 Å². The number of hydrogen-bond acceptors (Lipinski definition) is 2. The monoisotopic (exact) mass is 747 g/mol. The summed E-state index contributed by atoms with van der Waals surface area (Å²) in [6, 6.07) is 10.2. The predicted molar refractivity (Wildman–Crippen MR) is 166 cm³/mol. The molecule has 0 aliphatic carbocycles. The molecule has 3 aromatic carbocycles. The summed E-state index contributed by atoms with van der Waals surface area (Å²) >= 11 is 0. The average Bonchev–Trinajstić information content (AvgIpc) is 3.07. The number of fused-ring (bicyclic) bond motifs is 4. The molecule has 4 unspecified atom stereocenters. The molecular weight excluding hydrogens is 716 g/mol. The van der Waals surface area contributed by atoms with E-state index in [2.05, 4.69) is 11.6 Å². The lowest BCUT2D eigenvalue weighted by Crippen LogP contribution is -2.67. The van der Waals surface area contributed by atoms with Crippen LogP contribution in [0.4, 0.5) is 52.7 Å². The Hall–Kier alpha value is -4.11. The van der Waals surface area contributed by atoms with Crippen molar-refractivity contribution in [3.05, 3.63) is 125 Å². The van der Waals surface area contributed by atoms with Gasteiger partial charge in [0.15, 0.2) is 0 Å². The quantitative estimate of drug-likeness (QED) is 0.102. The zero-order chi connectivity index (χ0) is 37.9. The molecule has 278 valence electrons. The van der Waals surface area contributed by atoms with Crippen LogP contribution in [0, 0.1) is 11.8 Å². The zero-order valence-electron chi connectivity index (χ0n) is 27.1. The number of aromatic nitrogens is 1. The number of hydrogen-bond donors (Lipinski definition) is 0. The lowest BCUT2D eigenvalue weighted by molar-refractivity contribution is -0.985. The van der Waals surface area contributed by atoms with E-state index in [4.69, 9.17) is 4.74 Å². The summed E-state index contributed by atoms with van der Waals surface area (Å²) in [6.45, 7) is 3.45. The van der Waals surface area contributed by atoms with Crippen molar-refractivity contribution in [1.29, 1.82) is 0 Å². The Morgan fingerprint density at radius 3 is 1.83 bits per heavy atom. The van der Waals surface area contributed by atoms with Crippen LogP contribution in [-0.2, 0) is 42.6 Å². The van der Waals surface area contributed by atoms with Gasteiger partial charge in [0.2, 0.25) is 0 Å². The Morgan fingerprint density at radius 2 is 1.29 bits per heavy atom. The first-order valence-electron chi connectivity index (χ1n) is 16.2. The van der Waals surface area contributed by atoms with Crippen molar-refractivity contribution in [2.75, 3.05) is 13.1 Å². The first-order chi connectivity index (χ1) is 24.2. The van der Waals surface area contributed by atoms with E-state index in [9.17, 15) is 52.7 Å². The molecule has 0 radical (unpaired) electrons. The molecule has 3 nitrogen and oxygen atoms in total. The average molecular weight is 748 g/mol. The van der Waals surface area contributed by atoms with Crippen LogP contribution in [-0.4, -0.2) is 28.6 Å². The predicted octanol–water partition coefficient (Wildman–Crippen LogP) is 11.2. The maximum atomic E-state index is 13.9. The fraction of sp³-hybridized carbons (Fsp3) is 0.378. The molecule has 0 N–H and O–H groups in total.